The lowest BCUT2D eigenvalue weighted by molar-refractivity contribution is 0.452. The number of aromatic hydroxyl groups is 1. The minimum atomic E-state index is -0.385. The summed E-state index contributed by atoms with van der Waals surface area (Å²) in [6.45, 7) is 3.98. The Balaban J connectivity index is 2.49. The van der Waals surface area contributed by atoms with Gasteiger partial charge in [0, 0.05) is 12.5 Å². The summed E-state index contributed by atoms with van der Waals surface area (Å²) in [7, 11) is 1.83. The van der Waals surface area contributed by atoms with Gasteiger partial charge in [-0.15, -0.1) is 0 Å². The molecule has 0 saturated carbocycles. The number of aryl methyl sites for hydroxylation is 1. The molecule has 3 nitrogen and oxygen atoms in total. The highest BCUT2D eigenvalue weighted by atomic mass is 19.1. The highest BCUT2D eigenvalue weighted by Crippen LogP contribution is 2.31. The highest BCUT2D eigenvalue weighted by molar-refractivity contribution is 5.32. The van der Waals surface area contributed by atoms with Gasteiger partial charge in [0.25, 0.3) is 0 Å². The maximum absolute atomic E-state index is 12.9. The van der Waals surface area contributed by atoms with Gasteiger partial charge in [-0.2, -0.15) is 4.98 Å². The van der Waals surface area contributed by atoms with Crippen LogP contribution in [0.3, 0.4) is 0 Å². The number of hydrogen-bond acceptors (Lipinski definition) is 2. The number of halogens is 1. The fraction of sp³-hybridized carbons (Fsp3) is 0.308. The van der Waals surface area contributed by atoms with Crippen molar-refractivity contribution in [3.8, 4) is 5.88 Å². The molecule has 0 unspecified atom stereocenters. The zero-order chi connectivity index (χ0) is 12.6. The van der Waals surface area contributed by atoms with Crippen LogP contribution in [-0.2, 0) is 12.5 Å². The van der Waals surface area contributed by atoms with Gasteiger partial charge in [-0.3, -0.25) is 0 Å². The second-order valence-electron chi connectivity index (χ2n) is 4.67. The van der Waals surface area contributed by atoms with E-state index >= 15 is 0 Å². The van der Waals surface area contributed by atoms with Crippen molar-refractivity contribution in [1.82, 2.24) is 9.55 Å². The molecule has 1 aromatic carbocycles. The van der Waals surface area contributed by atoms with E-state index < -0.39 is 0 Å². The molecule has 0 bridgehead atoms. The predicted octanol–water partition coefficient (Wildman–Crippen LogP) is 2.59. The van der Waals surface area contributed by atoms with E-state index in [0.29, 0.717) is 0 Å². The van der Waals surface area contributed by atoms with E-state index in [2.05, 4.69) is 4.98 Å². The summed E-state index contributed by atoms with van der Waals surface area (Å²) in [5.41, 5.74) is 0.566. The number of rotatable bonds is 2. The van der Waals surface area contributed by atoms with Crippen molar-refractivity contribution in [3.05, 3.63) is 47.7 Å². The van der Waals surface area contributed by atoms with Gasteiger partial charge in [-0.1, -0.05) is 12.1 Å². The van der Waals surface area contributed by atoms with E-state index in [1.165, 1.54) is 12.1 Å². The molecule has 0 aliphatic heterocycles. The quantitative estimate of drug-likeness (QED) is 0.867. The minimum Gasteiger partial charge on any atom is -0.492 e. The molecule has 17 heavy (non-hydrogen) atoms. The molecule has 0 fully saturated rings. The average Bonchev–Trinajstić information content (AvgIpc) is 2.59. The van der Waals surface area contributed by atoms with Crippen LogP contribution in [0.4, 0.5) is 4.39 Å². The second kappa shape index (κ2) is 3.87. The zero-order valence-corrected chi connectivity index (χ0v) is 10.1. The summed E-state index contributed by atoms with van der Waals surface area (Å²) in [5, 5.41) is 9.40. The Bertz CT molecular complexity index is 529. The van der Waals surface area contributed by atoms with Gasteiger partial charge >= 0.3 is 0 Å². The van der Waals surface area contributed by atoms with Gasteiger partial charge in [-0.05, 0) is 31.5 Å². The minimum absolute atomic E-state index is 0.00214. The summed E-state index contributed by atoms with van der Waals surface area (Å²) >= 11 is 0. The maximum atomic E-state index is 12.9. The van der Waals surface area contributed by atoms with E-state index in [-0.39, 0.29) is 17.1 Å². The Morgan fingerprint density at radius 3 is 2.29 bits per heavy atom. The molecule has 90 valence electrons. The molecule has 0 atom stereocenters. The van der Waals surface area contributed by atoms with Crippen LogP contribution in [0.2, 0.25) is 0 Å². The standard InChI is InChI=1S/C13H15FN2O/c1-13(2,9-4-6-10(14)7-5-9)12-15-11(17)8-16(12)3/h4-8,17H,1-3H3. The summed E-state index contributed by atoms with van der Waals surface area (Å²) < 4.78 is 14.7. The molecule has 0 saturated heterocycles. The van der Waals surface area contributed by atoms with E-state index in [4.69, 9.17) is 0 Å². The second-order valence-corrected chi connectivity index (χ2v) is 4.67. The summed E-state index contributed by atoms with van der Waals surface area (Å²) in [6, 6.07) is 6.34. The largest absolute Gasteiger partial charge is 0.492 e. The van der Waals surface area contributed by atoms with Gasteiger partial charge in [-0.25, -0.2) is 4.39 Å². The van der Waals surface area contributed by atoms with Crippen LogP contribution in [0, 0.1) is 5.82 Å². The topological polar surface area (TPSA) is 38.0 Å². The Morgan fingerprint density at radius 2 is 1.82 bits per heavy atom. The Labute approximate surface area is 99.5 Å². The van der Waals surface area contributed by atoms with E-state index in [1.807, 2.05) is 20.9 Å². The highest BCUT2D eigenvalue weighted by Gasteiger charge is 2.28. The number of benzene rings is 1. The molecule has 1 N–H and O–H groups in total. The first-order chi connectivity index (χ1) is 7.91. The first-order valence-electron chi connectivity index (χ1n) is 5.40. The van der Waals surface area contributed by atoms with Gasteiger partial charge in [0.05, 0.1) is 6.20 Å². The lowest BCUT2D eigenvalue weighted by Crippen LogP contribution is -2.23. The average molecular weight is 234 g/mol. The third-order valence-corrected chi connectivity index (χ3v) is 2.99. The number of imidazole rings is 1. The summed E-state index contributed by atoms with van der Waals surface area (Å²) in [4.78, 5) is 4.11. The molecular formula is C13H15FN2O. The van der Waals surface area contributed by atoms with Crippen LogP contribution in [0.1, 0.15) is 25.2 Å². The lowest BCUT2D eigenvalue weighted by Gasteiger charge is -2.24. The first kappa shape index (κ1) is 11.6. The van der Waals surface area contributed by atoms with Crippen molar-refractivity contribution in [2.45, 2.75) is 19.3 Å². The zero-order valence-electron chi connectivity index (χ0n) is 10.1. The van der Waals surface area contributed by atoms with Crippen molar-refractivity contribution < 1.29 is 9.50 Å². The Hall–Kier alpha value is -1.84. The van der Waals surface area contributed by atoms with Crippen molar-refractivity contribution in [2.75, 3.05) is 0 Å². The first-order valence-corrected chi connectivity index (χ1v) is 5.40. The fourth-order valence-corrected chi connectivity index (χ4v) is 2.03. The smallest absolute Gasteiger partial charge is 0.229 e. The molecule has 0 spiro atoms. The van der Waals surface area contributed by atoms with Crippen LogP contribution < -0.4 is 0 Å². The van der Waals surface area contributed by atoms with Crippen LogP contribution in [-0.4, -0.2) is 14.7 Å². The van der Waals surface area contributed by atoms with E-state index in [1.54, 1.807) is 22.9 Å². The van der Waals surface area contributed by atoms with Crippen molar-refractivity contribution in [3.63, 3.8) is 0 Å². The summed E-state index contributed by atoms with van der Waals surface area (Å²) in [5.74, 6) is 0.478. The van der Waals surface area contributed by atoms with Crippen LogP contribution >= 0.6 is 0 Å². The normalized spacial score (nSPS) is 11.8. The Kier molecular flexibility index (Phi) is 2.65. The molecule has 0 amide bonds. The SMILES string of the molecule is Cn1cc(O)nc1C(C)(C)c1ccc(F)cc1. The molecule has 4 heteroatoms. The molecule has 1 aromatic heterocycles. The van der Waals surface area contributed by atoms with Crippen LogP contribution in [0.5, 0.6) is 5.88 Å². The van der Waals surface area contributed by atoms with Gasteiger partial charge in [0.1, 0.15) is 11.6 Å². The molecule has 2 rings (SSSR count). The van der Waals surface area contributed by atoms with Crippen molar-refractivity contribution in [1.29, 1.82) is 0 Å². The van der Waals surface area contributed by atoms with Crippen molar-refractivity contribution in [2.24, 2.45) is 7.05 Å². The van der Waals surface area contributed by atoms with Crippen molar-refractivity contribution >= 4 is 0 Å². The lowest BCUT2D eigenvalue weighted by atomic mass is 9.84. The number of aromatic nitrogens is 2. The third-order valence-electron chi connectivity index (χ3n) is 2.99. The van der Waals surface area contributed by atoms with E-state index in [0.717, 1.165) is 11.4 Å². The third kappa shape index (κ3) is 2.02. The molecule has 2 aromatic rings. The summed E-state index contributed by atoms with van der Waals surface area (Å²) in [6.07, 6.45) is 1.56. The van der Waals surface area contributed by atoms with Crippen LogP contribution in [0.15, 0.2) is 30.5 Å². The Morgan fingerprint density at radius 1 is 1.24 bits per heavy atom. The monoisotopic (exact) mass is 234 g/mol. The molecule has 1 heterocycles. The van der Waals surface area contributed by atoms with Gasteiger partial charge in [0.15, 0.2) is 0 Å². The molecule has 0 aliphatic carbocycles. The number of hydrogen-bond donors (Lipinski definition) is 1. The number of nitrogens with zero attached hydrogens (tertiary/aromatic N) is 2. The van der Waals surface area contributed by atoms with Gasteiger partial charge < -0.3 is 9.67 Å². The fourth-order valence-electron chi connectivity index (χ4n) is 2.03. The predicted molar refractivity (Wildman–Crippen MR) is 63.4 cm³/mol. The van der Waals surface area contributed by atoms with Gasteiger partial charge in [0.2, 0.25) is 5.88 Å². The molecule has 0 aliphatic rings. The van der Waals surface area contributed by atoms with E-state index in [9.17, 15) is 9.50 Å². The molecule has 0 radical (unpaired) electrons. The molecular weight excluding hydrogens is 219 g/mol. The maximum Gasteiger partial charge on any atom is 0.229 e. The van der Waals surface area contributed by atoms with Crippen LogP contribution in [0.25, 0.3) is 0 Å².